The van der Waals surface area contributed by atoms with Crippen LogP contribution in [0.15, 0.2) is 12.2 Å². The Balaban J connectivity index is 2.00. The molecule has 1 fully saturated rings. The molecule has 14 heavy (non-hydrogen) atoms. The fraction of sp³-hybridized carbons (Fsp3) is 0.727. The smallest absolute Gasteiger partial charge is 0.161 e. The van der Waals surface area contributed by atoms with Gasteiger partial charge in [0.1, 0.15) is 6.79 Å². The van der Waals surface area contributed by atoms with Gasteiger partial charge in [0.15, 0.2) is 5.78 Å². The zero-order valence-electron chi connectivity index (χ0n) is 8.44. The zero-order chi connectivity index (χ0) is 9.97. The molecule has 78 valence electrons. The molecule has 0 aromatic rings. The molecule has 0 heterocycles. The van der Waals surface area contributed by atoms with E-state index in [0.29, 0.717) is 12.7 Å². The molecule has 3 heteroatoms. The molecular weight excluding hydrogens is 180 g/mol. The molecule has 0 aromatic carbocycles. The highest BCUT2D eigenvalue weighted by molar-refractivity contribution is 5.93. The van der Waals surface area contributed by atoms with E-state index in [1.807, 2.05) is 6.08 Å². The molecule has 2 aliphatic rings. The van der Waals surface area contributed by atoms with E-state index in [1.54, 1.807) is 13.2 Å². The molecule has 0 spiro atoms. The van der Waals surface area contributed by atoms with Crippen LogP contribution in [0.3, 0.4) is 0 Å². The van der Waals surface area contributed by atoms with E-state index in [2.05, 4.69) is 0 Å². The quantitative estimate of drug-likeness (QED) is 0.642. The van der Waals surface area contributed by atoms with E-state index in [-0.39, 0.29) is 17.8 Å². The molecule has 0 aliphatic heterocycles. The number of hydrogen-bond donors (Lipinski definition) is 0. The van der Waals surface area contributed by atoms with Crippen LogP contribution in [0.1, 0.15) is 19.3 Å². The van der Waals surface area contributed by atoms with Gasteiger partial charge < -0.3 is 9.47 Å². The second-order valence-corrected chi connectivity index (χ2v) is 4.05. The lowest BCUT2D eigenvalue weighted by Crippen LogP contribution is -2.38. The fourth-order valence-electron chi connectivity index (χ4n) is 2.36. The van der Waals surface area contributed by atoms with E-state index >= 15 is 0 Å². The molecule has 0 amide bonds. The van der Waals surface area contributed by atoms with Gasteiger partial charge in [0, 0.05) is 13.0 Å². The van der Waals surface area contributed by atoms with E-state index in [9.17, 15) is 4.79 Å². The van der Waals surface area contributed by atoms with E-state index in [0.717, 1.165) is 19.3 Å². The second kappa shape index (κ2) is 4.24. The van der Waals surface area contributed by atoms with Gasteiger partial charge in [-0.2, -0.15) is 0 Å². The van der Waals surface area contributed by atoms with Crippen LogP contribution < -0.4 is 0 Å². The molecule has 0 radical (unpaired) electrons. The maximum absolute atomic E-state index is 11.6. The Labute approximate surface area is 84.1 Å². The van der Waals surface area contributed by atoms with Crippen molar-refractivity contribution < 1.29 is 14.3 Å². The Morgan fingerprint density at radius 1 is 1.50 bits per heavy atom. The first-order chi connectivity index (χ1) is 6.81. The monoisotopic (exact) mass is 196 g/mol. The number of carbonyl (C=O) groups is 1. The summed E-state index contributed by atoms with van der Waals surface area (Å²) in [6.07, 6.45) is 6.92. The normalized spacial score (nSPS) is 36.1. The van der Waals surface area contributed by atoms with Gasteiger partial charge in [-0.15, -0.1) is 0 Å². The molecule has 0 unspecified atom stereocenters. The molecule has 2 aliphatic carbocycles. The van der Waals surface area contributed by atoms with Crippen molar-refractivity contribution in [2.24, 2.45) is 11.8 Å². The number of ether oxygens (including phenoxy) is 2. The van der Waals surface area contributed by atoms with Gasteiger partial charge in [-0.3, -0.25) is 4.79 Å². The van der Waals surface area contributed by atoms with E-state index in [1.165, 1.54) is 0 Å². The summed E-state index contributed by atoms with van der Waals surface area (Å²) in [5.41, 5.74) is 0. The Morgan fingerprint density at radius 2 is 2.36 bits per heavy atom. The number of carbonyl (C=O) groups excluding carboxylic acids is 1. The molecule has 0 N–H and O–H groups in total. The average molecular weight is 196 g/mol. The van der Waals surface area contributed by atoms with Crippen molar-refractivity contribution in [2.75, 3.05) is 13.9 Å². The van der Waals surface area contributed by atoms with Crippen molar-refractivity contribution in [1.82, 2.24) is 0 Å². The summed E-state index contributed by atoms with van der Waals surface area (Å²) >= 11 is 0. The highest BCUT2D eigenvalue weighted by Gasteiger charge is 2.36. The molecule has 3 atom stereocenters. The van der Waals surface area contributed by atoms with E-state index < -0.39 is 0 Å². The Bertz CT molecular complexity index is 247. The highest BCUT2D eigenvalue weighted by atomic mass is 16.7. The number of methoxy groups -OCH3 is 1. The molecule has 1 saturated carbocycles. The first-order valence-electron chi connectivity index (χ1n) is 5.14. The maximum Gasteiger partial charge on any atom is 0.161 e. The van der Waals surface area contributed by atoms with Crippen LogP contribution in [0.4, 0.5) is 0 Å². The van der Waals surface area contributed by atoms with Crippen LogP contribution in [-0.4, -0.2) is 25.8 Å². The topological polar surface area (TPSA) is 35.5 Å². The van der Waals surface area contributed by atoms with Gasteiger partial charge in [-0.05, 0) is 31.3 Å². The molecule has 0 saturated heterocycles. The van der Waals surface area contributed by atoms with Gasteiger partial charge in [-0.1, -0.05) is 6.08 Å². The third kappa shape index (κ3) is 1.88. The van der Waals surface area contributed by atoms with Crippen molar-refractivity contribution in [3.8, 4) is 0 Å². The largest absolute Gasteiger partial charge is 0.359 e. The van der Waals surface area contributed by atoms with Crippen LogP contribution in [0, 0.1) is 11.8 Å². The van der Waals surface area contributed by atoms with Crippen molar-refractivity contribution in [3.63, 3.8) is 0 Å². The number of fused-ring (bicyclic) bond motifs is 2. The minimum Gasteiger partial charge on any atom is -0.359 e. The average Bonchev–Trinajstić information content (AvgIpc) is 2.22. The van der Waals surface area contributed by atoms with Crippen LogP contribution in [0.5, 0.6) is 0 Å². The predicted octanol–water partition coefficient (Wildman–Crippen LogP) is 1.53. The molecule has 2 bridgehead atoms. The number of ketones is 1. The third-order valence-corrected chi connectivity index (χ3v) is 3.13. The third-order valence-electron chi connectivity index (χ3n) is 3.13. The molecule has 2 rings (SSSR count). The first-order valence-corrected chi connectivity index (χ1v) is 5.14. The standard InChI is InChI=1S/C11H16O3/c1-13-7-14-11-5-3-8-2-4-10(12)9(11)6-8/h2,4,8-9,11H,3,5-7H2,1H3/t8-,9+,11+/m1/s1. The molecular formula is C11H16O3. The fourth-order valence-corrected chi connectivity index (χ4v) is 2.36. The summed E-state index contributed by atoms with van der Waals surface area (Å²) in [7, 11) is 1.61. The first kappa shape index (κ1) is 9.87. The van der Waals surface area contributed by atoms with Gasteiger partial charge in [0.05, 0.1) is 6.10 Å². The summed E-state index contributed by atoms with van der Waals surface area (Å²) in [5, 5.41) is 0. The summed E-state index contributed by atoms with van der Waals surface area (Å²) in [6.45, 7) is 0.294. The Hall–Kier alpha value is -0.670. The van der Waals surface area contributed by atoms with Gasteiger partial charge in [-0.25, -0.2) is 0 Å². The SMILES string of the molecule is COCO[C@H]1CC[C@H]2C=CC(=O)[C@@H]1C2. The lowest BCUT2D eigenvalue weighted by atomic mass is 9.74. The van der Waals surface area contributed by atoms with E-state index in [4.69, 9.17) is 9.47 Å². The van der Waals surface area contributed by atoms with Crippen molar-refractivity contribution in [2.45, 2.75) is 25.4 Å². The second-order valence-electron chi connectivity index (χ2n) is 4.05. The number of hydrogen-bond acceptors (Lipinski definition) is 3. The molecule has 3 nitrogen and oxygen atoms in total. The van der Waals surface area contributed by atoms with Gasteiger partial charge in [0.25, 0.3) is 0 Å². The van der Waals surface area contributed by atoms with Crippen molar-refractivity contribution >= 4 is 5.78 Å². The van der Waals surface area contributed by atoms with Gasteiger partial charge >= 0.3 is 0 Å². The lowest BCUT2D eigenvalue weighted by molar-refractivity contribution is -0.137. The van der Waals surface area contributed by atoms with Crippen molar-refractivity contribution in [3.05, 3.63) is 12.2 Å². The van der Waals surface area contributed by atoms with Crippen molar-refractivity contribution in [1.29, 1.82) is 0 Å². The van der Waals surface area contributed by atoms with Crippen LogP contribution in [0.2, 0.25) is 0 Å². The minimum absolute atomic E-state index is 0.0728. The lowest BCUT2D eigenvalue weighted by Gasteiger charge is -2.35. The highest BCUT2D eigenvalue weighted by Crippen LogP contribution is 2.35. The zero-order valence-corrected chi connectivity index (χ0v) is 8.44. The maximum atomic E-state index is 11.6. The Kier molecular flexibility index (Phi) is 2.99. The Morgan fingerprint density at radius 3 is 3.14 bits per heavy atom. The summed E-state index contributed by atoms with van der Waals surface area (Å²) in [5.74, 6) is 0.899. The summed E-state index contributed by atoms with van der Waals surface area (Å²) in [6, 6.07) is 0. The summed E-state index contributed by atoms with van der Waals surface area (Å²) < 4.78 is 10.4. The number of allylic oxidation sites excluding steroid dienone is 2. The minimum atomic E-state index is 0.0728. The van der Waals surface area contributed by atoms with Gasteiger partial charge in [0.2, 0.25) is 0 Å². The molecule has 0 aromatic heterocycles. The van der Waals surface area contributed by atoms with Crippen LogP contribution in [-0.2, 0) is 14.3 Å². The summed E-state index contributed by atoms with van der Waals surface area (Å²) in [4.78, 5) is 11.6. The predicted molar refractivity (Wildman–Crippen MR) is 51.7 cm³/mol. The van der Waals surface area contributed by atoms with Crippen LogP contribution >= 0.6 is 0 Å². The van der Waals surface area contributed by atoms with Crippen LogP contribution in [0.25, 0.3) is 0 Å². The number of rotatable bonds is 3.